The molecule has 7 heteroatoms. The fraction of sp³-hybridized carbons (Fsp3) is 0.227. The zero-order chi connectivity index (χ0) is 19.6. The molecule has 0 saturated carbocycles. The molecule has 3 heterocycles. The first-order valence-electron chi connectivity index (χ1n) is 9.87. The molecule has 0 amide bonds. The minimum Gasteiger partial charge on any atom is -0.341 e. The molecule has 6 nitrogen and oxygen atoms in total. The first-order chi connectivity index (χ1) is 14.3. The molecule has 146 valence electrons. The molecule has 0 aliphatic carbocycles. The second kappa shape index (κ2) is 7.50. The number of para-hydroxylation sites is 1. The molecule has 0 bridgehead atoms. The number of nitrogens with zero attached hydrogens (tertiary/aromatic N) is 5. The van der Waals surface area contributed by atoms with Crippen molar-refractivity contribution in [2.75, 3.05) is 23.3 Å². The topological polar surface area (TPSA) is 58.9 Å². The number of benzene rings is 2. The number of hydrogen-bond acceptors (Lipinski definition) is 5. The SMILES string of the molecule is Fc1ccc(Nc2nc(N3CCCCC3)nc3c2cnn3-c2ccccc2)cc1. The molecule has 2 aromatic heterocycles. The number of rotatable bonds is 4. The van der Waals surface area contributed by atoms with Crippen molar-refractivity contribution in [3.05, 3.63) is 66.6 Å². The molecule has 5 rings (SSSR count). The molecule has 0 atom stereocenters. The molecular weight excluding hydrogens is 367 g/mol. The molecule has 1 aliphatic heterocycles. The summed E-state index contributed by atoms with van der Waals surface area (Å²) in [5.74, 6) is 1.10. The van der Waals surface area contributed by atoms with Gasteiger partial charge in [0.15, 0.2) is 5.65 Å². The normalized spacial score (nSPS) is 14.3. The Morgan fingerprint density at radius 1 is 0.862 bits per heavy atom. The summed E-state index contributed by atoms with van der Waals surface area (Å²) in [6.07, 6.45) is 5.29. The van der Waals surface area contributed by atoms with Gasteiger partial charge in [-0.1, -0.05) is 18.2 Å². The summed E-state index contributed by atoms with van der Waals surface area (Å²) >= 11 is 0. The summed E-state index contributed by atoms with van der Waals surface area (Å²) in [4.78, 5) is 11.9. The van der Waals surface area contributed by atoms with E-state index in [1.54, 1.807) is 18.3 Å². The van der Waals surface area contributed by atoms with Gasteiger partial charge in [-0.25, -0.2) is 9.07 Å². The lowest BCUT2D eigenvalue weighted by molar-refractivity contribution is 0.569. The third-order valence-electron chi connectivity index (χ3n) is 5.16. The monoisotopic (exact) mass is 388 g/mol. The molecule has 1 aliphatic rings. The van der Waals surface area contributed by atoms with E-state index >= 15 is 0 Å². The Balaban J connectivity index is 1.63. The van der Waals surface area contributed by atoms with Gasteiger partial charge in [-0.3, -0.25) is 0 Å². The third-order valence-corrected chi connectivity index (χ3v) is 5.16. The zero-order valence-electron chi connectivity index (χ0n) is 15.9. The van der Waals surface area contributed by atoms with Gasteiger partial charge in [0.25, 0.3) is 0 Å². The molecule has 2 aromatic carbocycles. The second-order valence-corrected chi connectivity index (χ2v) is 7.18. The van der Waals surface area contributed by atoms with E-state index in [2.05, 4.69) is 15.3 Å². The van der Waals surface area contributed by atoms with Crippen molar-refractivity contribution >= 4 is 28.5 Å². The lowest BCUT2D eigenvalue weighted by Crippen LogP contribution is -2.31. The maximum Gasteiger partial charge on any atom is 0.229 e. The maximum absolute atomic E-state index is 13.3. The summed E-state index contributed by atoms with van der Waals surface area (Å²) in [7, 11) is 0. The molecule has 29 heavy (non-hydrogen) atoms. The Kier molecular flexibility index (Phi) is 4.56. The van der Waals surface area contributed by atoms with Gasteiger partial charge in [-0.2, -0.15) is 15.1 Å². The largest absolute Gasteiger partial charge is 0.341 e. The summed E-state index contributed by atoms with van der Waals surface area (Å²) in [6.45, 7) is 1.89. The Bertz CT molecular complexity index is 1120. The zero-order valence-corrected chi connectivity index (χ0v) is 15.9. The highest BCUT2D eigenvalue weighted by atomic mass is 19.1. The number of piperidine rings is 1. The van der Waals surface area contributed by atoms with Crippen molar-refractivity contribution < 1.29 is 4.39 Å². The van der Waals surface area contributed by atoms with E-state index < -0.39 is 0 Å². The Labute approximate surface area is 168 Å². The van der Waals surface area contributed by atoms with Gasteiger partial charge in [0.2, 0.25) is 5.95 Å². The predicted octanol–water partition coefficient (Wildman–Crippen LogP) is 4.69. The van der Waals surface area contributed by atoms with E-state index in [9.17, 15) is 4.39 Å². The highest BCUT2D eigenvalue weighted by Gasteiger charge is 2.19. The third kappa shape index (κ3) is 3.51. The van der Waals surface area contributed by atoms with Gasteiger partial charge in [0, 0.05) is 18.8 Å². The van der Waals surface area contributed by atoms with Crippen LogP contribution >= 0.6 is 0 Å². The van der Waals surface area contributed by atoms with Crippen molar-refractivity contribution in [3.63, 3.8) is 0 Å². The van der Waals surface area contributed by atoms with Gasteiger partial charge in [0.1, 0.15) is 11.6 Å². The van der Waals surface area contributed by atoms with E-state index in [0.717, 1.165) is 48.3 Å². The summed E-state index contributed by atoms with van der Waals surface area (Å²) in [5.41, 5.74) is 2.46. The summed E-state index contributed by atoms with van der Waals surface area (Å²) < 4.78 is 15.1. The van der Waals surface area contributed by atoms with E-state index in [1.165, 1.54) is 18.6 Å². The van der Waals surface area contributed by atoms with Gasteiger partial charge in [-0.15, -0.1) is 0 Å². The van der Waals surface area contributed by atoms with Crippen molar-refractivity contribution in [3.8, 4) is 5.69 Å². The van der Waals surface area contributed by atoms with Gasteiger partial charge in [-0.05, 0) is 55.7 Å². The van der Waals surface area contributed by atoms with E-state index in [4.69, 9.17) is 9.97 Å². The van der Waals surface area contributed by atoms with Crippen molar-refractivity contribution in [1.82, 2.24) is 19.7 Å². The van der Waals surface area contributed by atoms with Crippen LogP contribution in [0, 0.1) is 5.82 Å². The quantitative estimate of drug-likeness (QED) is 0.550. The van der Waals surface area contributed by atoms with Crippen LogP contribution in [0.4, 0.5) is 21.8 Å². The summed E-state index contributed by atoms with van der Waals surface area (Å²) in [5, 5.41) is 8.70. The first-order valence-corrected chi connectivity index (χ1v) is 9.87. The molecule has 1 saturated heterocycles. The Morgan fingerprint density at radius 2 is 1.62 bits per heavy atom. The van der Waals surface area contributed by atoms with Crippen LogP contribution in [-0.4, -0.2) is 32.8 Å². The van der Waals surface area contributed by atoms with Crippen molar-refractivity contribution in [2.45, 2.75) is 19.3 Å². The Hall–Kier alpha value is -3.48. The number of nitrogens with one attached hydrogen (secondary N) is 1. The van der Waals surface area contributed by atoms with Crippen molar-refractivity contribution in [2.24, 2.45) is 0 Å². The minimum atomic E-state index is -0.269. The van der Waals surface area contributed by atoms with E-state index in [-0.39, 0.29) is 5.82 Å². The van der Waals surface area contributed by atoms with Crippen LogP contribution in [0.1, 0.15) is 19.3 Å². The van der Waals surface area contributed by atoms with Crippen LogP contribution in [0.25, 0.3) is 16.7 Å². The fourth-order valence-corrected chi connectivity index (χ4v) is 3.66. The lowest BCUT2D eigenvalue weighted by Gasteiger charge is -2.27. The highest BCUT2D eigenvalue weighted by Crippen LogP contribution is 2.29. The van der Waals surface area contributed by atoms with Crippen LogP contribution in [0.15, 0.2) is 60.8 Å². The van der Waals surface area contributed by atoms with Crippen molar-refractivity contribution in [1.29, 1.82) is 0 Å². The maximum atomic E-state index is 13.3. The van der Waals surface area contributed by atoms with Crippen LogP contribution in [-0.2, 0) is 0 Å². The second-order valence-electron chi connectivity index (χ2n) is 7.18. The fourth-order valence-electron chi connectivity index (χ4n) is 3.66. The summed E-state index contributed by atoms with van der Waals surface area (Å²) in [6, 6.07) is 16.2. The van der Waals surface area contributed by atoms with Gasteiger partial charge >= 0.3 is 0 Å². The van der Waals surface area contributed by atoms with E-state index in [1.807, 2.05) is 35.0 Å². The van der Waals surface area contributed by atoms with Crippen LogP contribution < -0.4 is 10.2 Å². The molecule has 0 spiro atoms. The molecule has 1 fully saturated rings. The number of halogens is 1. The average molecular weight is 388 g/mol. The minimum absolute atomic E-state index is 0.269. The molecule has 1 N–H and O–H groups in total. The average Bonchev–Trinajstić information content (AvgIpc) is 3.21. The highest BCUT2D eigenvalue weighted by molar-refractivity contribution is 5.90. The Morgan fingerprint density at radius 3 is 2.38 bits per heavy atom. The van der Waals surface area contributed by atoms with Crippen LogP contribution in [0.3, 0.4) is 0 Å². The smallest absolute Gasteiger partial charge is 0.229 e. The van der Waals surface area contributed by atoms with E-state index in [0.29, 0.717) is 11.8 Å². The standard InChI is InChI=1S/C22H21FN6/c23-16-9-11-17(12-10-16)25-20-19-15-24-29(18-7-3-1-4-8-18)21(19)27-22(26-20)28-13-5-2-6-14-28/h1,3-4,7-12,15H,2,5-6,13-14H2,(H,25,26,27). The predicted molar refractivity (Wildman–Crippen MR) is 112 cm³/mol. The van der Waals surface area contributed by atoms with Crippen LogP contribution in [0.2, 0.25) is 0 Å². The molecular formula is C22H21FN6. The number of hydrogen-bond donors (Lipinski definition) is 1. The number of fused-ring (bicyclic) bond motifs is 1. The number of aromatic nitrogens is 4. The molecule has 0 unspecified atom stereocenters. The lowest BCUT2D eigenvalue weighted by atomic mass is 10.1. The van der Waals surface area contributed by atoms with Crippen LogP contribution in [0.5, 0.6) is 0 Å². The molecule has 0 radical (unpaired) electrons. The van der Waals surface area contributed by atoms with Gasteiger partial charge in [0.05, 0.1) is 17.3 Å². The molecule has 4 aromatic rings. The van der Waals surface area contributed by atoms with Gasteiger partial charge < -0.3 is 10.2 Å². The first kappa shape index (κ1) is 17.6. The number of anilines is 3.